The van der Waals surface area contributed by atoms with Crippen LogP contribution in [0.3, 0.4) is 0 Å². The van der Waals surface area contributed by atoms with Crippen molar-refractivity contribution in [3.05, 3.63) is 27.7 Å². The fourth-order valence-electron chi connectivity index (χ4n) is 3.56. The highest BCUT2D eigenvalue weighted by atomic mass is 35.5. The van der Waals surface area contributed by atoms with E-state index in [1.54, 1.807) is 0 Å². The lowest BCUT2D eigenvalue weighted by atomic mass is 10.1. The molecule has 162 valence electrons. The minimum Gasteiger partial charge on any atom is -0.460 e. The van der Waals surface area contributed by atoms with Crippen LogP contribution in [-0.2, 0) is 16.0 Å². The maximum Gasteiger partial charge on any atom is 0.306 e. The van der Waals surface area contributed by atoms with Gasteiger partial charge in [-0.25, -0.2) is 9.83 Å². The number of halogens is 1. The zero-order valence-electron chi connectivity index (χ0n) is 18.3. The van der Waals surface area contributed by atoms with Gasteiger partial charge in [-0.15, -0.1) is 0 Å². The Bertz CT molecular complexity index is 843. The molecule has 1 aliphatic heterocycles. The third-order valence-electron chi connectivity index (χ3n) is 4.98. The molecule has 0 amide bonds. The van der Waals surface area contributed by atoms with Crippen LogP contribution in [0.15, 0.2) is 0 Å². The van der Waals surface area contributed by atoms with Crippen molar-refractivity contribution in [2.75, 3.05) is 37.6 Å². The first-order valence-electron chi connectivity index (χ1n) is 10.4. The molecule has 0 saturated carbocycles. The van der Waals surface area contributed by atoms with Crippen molar-refractivity contribution in [3.63, 3.8) is 0 Å². The van der Waals surface area contributed by atoms with Crippen molar-refractivity contribution in [1.29, 1.82) is 5.26 Å². The van der Waals surface area contributed by atoms with Gasteiger partial charge in [0.05, 0.1) is 12.1 Å². The van der Waals surface area contributed by atoms with E-state index in [0.717, 1.165) is 45.6 Å². The number of pyridine rings is 1. The molecule has 0 spiro atoms. The SMILES string of the molecule is [C-]#[N+]c1c(N2CCN(CCCCC(=O)OC(C)(C)C)CC2)nc(Cl)c(C#N)c1CC. The fraction of sp³-hybridized carbons (Fsp3) is 0.636. The first-order chi connectivity index (χ1) is 14.2. The molecular weight excluding hydrogens is 402 g/mol. The van der Waals surface area contributed by atoms with Crippen molar-refractivity contribution < 1.29 is 9.53 Å². The van der Waals surface area contributed by atoms with Gasteiger partial charge in [-0.2, -0.15) is 5.26 Å². The molecule has 0 unspecified atom stereocenters. The van der Waals surface area contributed by atoms with Gasteiger partial charge >= 0.3 is 5.97 Å². The zero-order chi connectivity index (χ0) is 22.3. The highest BCUT2D eigenvalue weighted by molar-refractivity contribution is 6.31. The quantitative estimate of drug-likeness (QED) is 0.276. The molecular formula is C22H30ClN5O2. The maximum atomic E-state index is 11.8. The minimum atomic E-state index is -0.433. The normalized spacial score (nSPS) is 14.8. The molecule has 1 fully saturated rings. The van der Waals surface area contributed by atoms with E-state index in [1.807, 2.05) is 27.7 Å². The van der Waals surface area contributed by atoms with Gasteiger partial charge in [0.15, 0.2) is 0 Å². The summed E-state index contributed by atoms with van der Waals surface area (Å²) in [5.74, 6) is 0.435. The number of hydrogen-bond acceptors (Lipinski definition) is 6. The third kappa shape index (κ3) is 6.32. The van der Waals surface area contributed by atoms with E-state index < -0.39 is 5.60 Å². The fourth-order valence-corrected chi connectivity index (χ4v) is 3.79. The number of esters is 1. The largest absolute Gasteiger partial charge is 0.460 e. The Morgan fingerprint density at radius 2 is 1.97 bits per heavy atom. The Labute approximate surface area is 184 Å². The number of aromatic nitrogens is 1. The Morgan fingerprint density at radius 1 is 1.30 bits per heavy atom. The smallest absolute Gasteiger partial charge is 0.306 e. The van der Waals surface area contributed by atoms with Crippen molar-refractivity contribution in [2.24, 2.45) is 0 Å². The van der Waals surface area contributed by atoms with Crippen LogP contribution in [-0.4, -0.2) is 54.2 Å². The second kappa shape index (κ2) is 10.6. The molecule has 0 aromatic carbocycles. The van der Waals surface area contributed by atoms with Gasteiger partial charge in [0, 0.05) is 32.6 Å². The van der Waals surface area contributed by atoms with Crippen molar-refractivity contribution in [2.45, 2.75) is 59.0 Å². The topological polar surface area (TPSA) is 73.8 Å². The van der Waals surface area contributed by atoms with Crippen LogP contribution in [0.25, 0.3) is 4.85 Å². The Morgan fingerprint density at radius 3 is 2.50 bits per heavy atom. The average molecular weight is 432 g/mol. The van der Waals surface area contributed by atoms with Crippen molar-refractivity contribution in [1.82, 2.24) is 9.88 Å². The Hall–Kier alpha value is -2.35. The summed E-state index contributed by atoms with van der Waals surface area (Å²) in [5.41, 5.74) is 0.978. The van der Waals surface area contributed by atoms with Crippen LogP contribution in [0.2, 0.25) is 5.15 Å². The van der Waals surface area contributed by atoms with E-state index >= 15 is 0 Å². The molecule has 1 aromatic rings. The Balaban J connectivity index is 1.89. The lowest BCUT2D eigenvalue weighted by Gasteiger charge is -2.36. The molecule has 0 bridgehead atoms. The van der Waals surface area contributed by atoms with Crippen LogP contribution in [0, 0.1) is 17.9 Å². The monoisotopic (exact) mass is 431 g/mol. The summed E-state index contributed by atoms with van der Waals surface area (Å²) in [4.78, 5) is 24.3. The lowest BCUT2D eigenvalue weighted by Crippen LogP contribution is -2.47. The van der Waals surface area contributed by atoms with Gasteiger partial charge in [-0.1, -0.05) is 18.5 Å². The average Bonchev–Trinajstić information content (AvgIpc) is 2.69. The van der Waals surface area contributed by atoms with Crippen LogP contribution in [0.1, 0.15) is 58.1 Å². The minimum absolute atomic E-state index is 0.144. The molecule has 1 saturated heterocycles. The number of hydrogen-bond donors (Lipinski definition) is 0. The highest BCUT2D eigenvalue weighted by Crippen LogP contribution is 2.36. The van der Waals surface area contributed by atoms with E-state index in [1.165, 1.54) is 0 Å². The number of carbonyl (C=O) groups excluding carboxylic acids is 1. The van der Waals surface area contributed by atoms with E-state index in [-0.39, 0.29) is 11.1 Å². The molecule has 1 aliphatic rings. The number of nitrogens with zero attached hydrogens (tertiary/aromatic N) is 5. The first kappa shape index (κ1) is 23.9. The predicted molar refractivity (Wildman–Crippen MR) is 118 cm³/mol. The number of piperazine rings is 1. The van der Waals surface area contributed by atoms with Gasteiger partial charge in [-0.3, -0.25) is 9.69 Å². The summed E-state index contributed by atoms with van der Waals surface area (Å²) in [7, 11) is 0. The number of nitriles is 1. The van der Waals surface area contributed by atoms with Gasteiger partial charge in [0.25, 0.3) is 0 Å². The number of rotatable bonds is 7. The summed E-state index contributed by atoms with van der Waals surface area (Å²) in [6, 6.07) is 2.08. The second-order valence-electron chi connectivity index (χ2n) is 8.38. The van der Waals surface area contributed by atoms with E-state index in [4.69, 9.17) is 22.9 Å². The van der Waals surface area contributed by atoms with Crippen LogP contribution < -0.4 is 4.90 Å². The number of unbranched alkanes of at least 4 members (excludes halogenated alkanes) is 1. The predicted octanol–water partition coefficient (Wildman–Crippen LogP) is 4.35. The van der Waals surface area contributed by atoms with Crippen LogP contribution >= 0.6 is 11.6 Å². The van der Waals surface area contributed by atoms with Gasteiger partial charge in [0.2, 0.25) is 5.69 Å². The number of ether oxygens (including phenoxy) is 1. The molecule has 7 nitrogen and oxygen atoms in total. The zero-order valence-corrected chi connectivity index (χ0v) is 19.1. The number of carbonyl (C=O) groups is 1. The molecule has 0 N–H and O–H groups in total. The van der Waals surface area contributed by atoms with Gasteiger partial charge in [-0.05, 0) is 52.1 Å². The van der Waals surface area contributed by atoms with Crippen molar-refractivity contribution in [3.8, 4) is 6.07 Å². The molecule has 0 aliphatic carbocycles. The number of anilines is 1. The summed E-state index contributed by atoms with van der Waals surface area (Å²) in [6.45, 7) is 19.3. The van der Waals surface area contributed by atoms with E-state index in [9.17, 15) is 10.1 Å². The molecule has 8 heteroatoms. The lowest BCUT2D eigenvalue weighted by molar-refractivity contribution is -0.154. The molecule has 0 radical (unpaired) electrons. The van der Waals surface area contributed by atoms with Gasteiger partial charge < -0.3 is 9.64 Å². The maximum absolute atomic E-state index is 11.8. The summed E-state index contributed by atoms with van der Waals surface area (Å²) >= 11 is 6.23. The highest BCUT2D eigenvalue weighted by Gasteiger charge is 2.25. The van der Waals surface area contributed by atoms with Crippen LogP contribution in [0.4, 0.5) is 11.5 Å². The summed E-state index contributed by atoms with van der Waals surface area (Å²) < 4.78 is 5.34. The third-order valence-corrected chi connectivity index (χ3v) is 5.26. The molecule has 2 rings (SSSR count). The van der Waals surface area contributed by atoms with Gasteiger partial charge in [0.1, 0.15) is 22.6 Å². The first-order valence-corrected chi connectivity index (χ1v) is 10.8. The summed E-state index contributed by atoms with van der Waals surface area (Å²) in [6.07, 6.45) is 2.75. The van der Waals surface area contributed by atoms with E-state index in [0.29, 0.717) is 35.5 Å². The van der Waals surface area contributed by atoms with E-state index in [2.05, 4.69) is 25.7 Å². The molecule has 2 heterocycles. The Kier molecular flexibility index (Phi) is 8.46. The molecule has 1 aromatic heterocycles. The molecule has 30 heavy (non-hydrogen) atoms. The standard InChI is InChI=1S/C22H30ClN5O2/c1-6-16-17(15-24)20(23)26-21(19(16)25-5)28-13-11-27(12-14-28)10-8-7-9-18(29)30-22(2,3)4/h6-14H2,1-4H3. The summed E-state index contributed by atoms with van der Waals surface area (Å²) in [5, 5.41) is 9.52. The second-order valence-corrected chi connectivity index (χ2v) is 8.74. The molecule has 0 atom stereocenters. The van der Waals surface area contributed by atoms with Crippen LogP contribution in [0.5, 0.6) is 0 Å². The van der Waals surface area contributed by atoms with Crippen molar-refractivity contribution >= 4 is 29.1 Å².